The van der Waals surface area contributed by atoms with Gasteiger partial charge in [-0.3, -0.25) is 4.90 Å². The lowest BCUT2D eigenvalue weighted by molar-refractivity contribution is -0.298. The molecule has 0 radical (unpaired) electrons. The molecule has 6 nitrogen and oxygen atoms in total. The molecule has 1 aromatic carbocycles. The fraction of sp³-hybridized carbons (Fsp3) is 0.500. The van der Waals surface area contributed by atoms with Crippen molar-refractivity contribution < 1.29 is 18.6 Å². The van der Waals surface area contributed by atoms with Crippen LogP contribution in [0.3, 0.4) is 0 Å². The van der Waals surface area contributed by atoms with Gasteiger partial charge >= 0.3 is 0 Å². The SMILES string of the molecule is N#Cc1cc(OCC23CC(C(O)N4CC(F)CC4c4cccc(F)c4)(C2)C3)ncn1. The number of alkyl halides is 1. The standard InChI is InChI=1S/C22H22F2N4O2/c23-15-3-1-2-14(4-15)18-5-16(24)8-28(18)20(29)22-9-21(10-22,11-22)12-30-19-6-17(7-25)26-13-27-19/h1-4,6,13,16,18,20,29H,5,8-12H2. The van der Waals surface area contributed by atoms with Crippen LogP contribution in [0.1, 0.15) is 43.0 Å². The van der Waals surface area contributed by atoms with Crippen LogP contribution < -0.4 is 4.74 Å². The van der Waals surface area contributed by atoms with E-state index in [2.05, 4.69) is 9.97 Å². The van der Waals surface area contributed by atoms with Gasteiger partial charge in [0, 0.05) is 29.5 Å². The van der Waals surface area contributed by atoms with Gasteiger partial charge in [0.2, 0.25) is 5.88 Å². The number of hydrogen-bond donors (Lipinski definition) is 1. The van der Waals surface area contributed by atoms with E-state index in [0.29, 0.717) is 18.1 Å². The first-order valence-electron chi connectivity index (χ1n) is 10.1. The van der Waals surface area contributed by atoms with Crippen LogP contribution >= 0.6 is 0 Å². The molecule has 6 rings (SSSR count). The van der Waals surface area contributed by atoms with Crippen molar-refractivity contribution in [3.05, 3.63) is 53.7 Å². The molecule has 0 spiro atoms. The molecule has 1 aliphatic heterocycles. The highest BCUT2D eigenvalue weighted by atomic mass is 19.1. The summed E-state index contributed by atoms with van der Waals surface area (Å²) in [6, 6.07) is 9.35. The van der Waals surface area contributed by atoms with Crippen molar-refractivity contribution in [2.75, 3.05) is 13.2 Å². The zero-order valence-electron chi connectivity index (χ0n) is 16.3. The van der Waals surface area contributed by atoms with E-state index < -0.39 is 12.4 Å². The van der Waals surface area contributed by atoms with Gasteiger partial charge in [-0.25, -0.2) is 18.7 Å². The van der Waals surface area contributed by atoms with Crippen molar-refractivity contribution in [1.29, 1.82) is 5.26 Å². The average molecular weight is 412 g/mol. The summed E-state index contributed by atoms with van der Waals surface area (Å²) in [6.45, 7) is 0.619. The predicted octanol–water partition coefficient (Wildman–Crippen LogP) is 3.14. The van der Waals surface area contributed by atoms with Crippen LogP contribution in [-0.2, 0) is 0 Å². The molecule has 2 bridgehead atoms. The van der Waals surface area contributed by atoms with Crippen molar-refractivity contribution >= 4 is 0 Å². The Morgan fingerprint density at radius 1 is 1.30 bits per heavy atom. The van der Waals surface area contributed by atoms with Gasteiger partial charge in [0.25, 0.3) is 0 Å². The maximum Gasteiger partial charge on any atom is 0.217 e. The molecule has 3 saturated carbocycles. The van der Waals surface area contributed by atoms with Crippen LogP contribution in [0.25, 0.3) is 0 Å². The second-order valence-electron chi connectivity index (χ2n) is 9.01. The van der Waals surface area contributed by atoms with Gasteiger partial charge in [-0.1, -0.05) is 12.1 Å². The lowest BCUT2D eigenvalue weighted by atomic mass is 9.34. The Labute approximate surface area is 173 Å². The van der Waals surface area contributed by atoms with E-state index in [0.717, 1.165) is 19.3 Å². The molecule has 3 aliphatic carbocycles. The number of benzene rings is 1. The second kappa shape index (κ2) is 6.96. The number of aliphatic hydroxyl groups is 1. The Balaban J connectivity index is 1.23. The molecule has 8 heteroatoms. The molecular formula is C22H22F2N4O2. The first-order valence-corrected chi connectivity index (χ1v) is 10.1. The third-order valence-electron chi connectivity index (χ3n) is 6.85. The minimum absolute atomic E-state index is 0.0120. The monoisotopic (exact) mass is 412 g/mol. The van der Waals surface area contributed by atoms with E-state index in [1.807, 2.05) is 6.07 Å². The van der Waals surface area contributed by atoms with Crippen molar-refractivity contribution in [3.63, 3.8) is 0 Å². The fourth-order valence-electron chi connectivity index (χ4n) is 5.69. The van der Waals surface area contributed by atoms with Crippen molar-refractivity contribution in [2.24, 2.45) is 10.8 Å². The summed E-state index contributed by atoms with van der Waals surface area (Å²) >= 11 is 0. The minimum atomic E-state index is -1.04. The van der Waals surface area contributed by atoms with E-state index in [1.165, 1.54) is 24.5 Å². The Kier molecular flexibility index (Phi) is 4.49. The molecular weight excluding hydrogens is 390 g/mol. The molecule has 1 saturated heterocycles. The molecule has 4 fully saturated rings. The number of hydrogen-bond acceptors (Lipinski definition) is 6. The highest BCUT2D eigenvalue weighted by Crippen LogP contribution is 2.75. The molecule has 1 N–H and O–H groups in total. The summed E-state index contributed by atoms with van der Waals surface area (Å²) in [5.74, 6) is 0.0157. The molecule has 4 aliphatic rings. The minimum Gasteiger partial charge on any atom is -0.477 e. The Hall–Kier alpha value is -2.63. The van der Waals surface area contributed by atoms with Crippen LogP contribution in [-0.4, -0.2) is 45.5 Å². The van der Waals surface area contributed by atoms with Crippen LogP contribution in [0.4, 0.5) is 8.78 Å². The molecule has 0 amide bonds. The van der Waals surface area contributed by atoms with Gasteiger partial charge in [0.1, 0.15) is 36.3 Å². The quantitative estimate of drug-likeness (QED) is 0.785. The number of likely N-dealkylation sites (tertiary alicyclic amines) is 1. The highest BCUT2D eigenvalue weighted by Gasteiger charge is 2.72. The first kappa shape index (κ1) is 19.3. The number of aromatic nitrogens is 2. The van der Waals surface area contributed by atoms with Crippen molar-refractivity contribution in [1.82, 2.24) is 14.9 Å². The normalized spacial score (nSPS) is 33.3. The van der Waals surface area contributed by atoms with Crippen LogP contribution in [0.15, 0.2) is 36.7 Å². The first-order chi connectivity index (χ1) is 14.4. The summed E-state index contributed by atoms with van der Waals surface area (Å²) in [5, 5.41) is 20.0. The van der Waals surface area contributed by atoms with Gasteiger partial charge in [0.15, 0.2) is 0 Å². The Morgan fingerprint density at radius 3 is 2.83 bits per heavy atom. The number of ether oxygens (including phenoxy) is 1. The highest BCUT2D eigenvalue weighted by molar-refractivity contribution is 5.26. The molecule has 3 unspecified atom stereocenters. The van der Waals surface area contributed by atoms with Gasteiger partial charge in [-0.15, -0.1) is 0 Å². The lowest BCUT2D eigenvalue weighted by Crippen LogP contribution is -2.71. The largest absolute Gasteiger partial charge is 0.477 e. The lowest BCUT2D eigenvalue weighted by Gasteiger charge is -2.72. The number of aliphatic hydroxyl groups excluding tert-OH is 1. The summed E-state index contributed by atoms with van der Waals surface area (Å²) in [5.41, 5.74) is 0.684. The average Bonchev–Trinajstić information content (AvgIpc) is 3.08. The maximum absolute atomic E-state index is 14.2. The van der Waals surface area contributed by atoms with Crippen LogP contribution in [0.2, 0.25) is 0 Å². The van der Waals surface area contributed by atoms with Gasteiger partial charge in [0.05, 0.1) is 6.61 Å². The molecule has 2 aromatic rings. The van der Waals surface area contributed by atoms with Crippen LogP contribution in [0, 0.1) is 28.0 Å². The number of nitriles is 1. The third-order valence-corrected chi connectivity index (χ3v) is 6.85. The Bertz CT molecular complexity index is 991. The topological polar surface area (TPSA) is 82.3 Å². The number of halogens is 2. The van der Waals surface area contributed by atoms with E-state index >= 15 is 0 Å². The fourth-order valence-corrected chi connectivity index (χ4v) is 5.69. The number of rotatable bonds is 6. The molecule has 156 valence electrons. The number of nitrogens with zero attached hydrogens (tertiary/aromatic N) is 4. The van der Waals surface area contributed by atoms with E-state index in [9.17, 15) is 13.9 Å². The smallest absolute Gasteiger partial charge is 0.217 e. The van der Waals surface area contributed by atoms with E-state index in [-0.39, 0.29) is 41.3 Å². The van der Waals surface area contributed by atoms with Gasteiger partial charge in [-0.2, -0.15) is 5.26 Å². The van der Waals surface area contributed by atoms with Crippen molar-refractivity contribution in [3.8, 4) is 11.9 Å². The van der Waals surface area contributed by atoms with E-state index in [4.69, 9.17) is 10.00 Å². The zero-order chi connectivity index (χ0) is 20.9. The molecule has 30 heavy (non-hydrogen) atoms. The predicted molar refractivity (Wildman–Crippen MR) is 102 cm³/mol. The Morgan fingerprint density at radius 2 is 2.10 bits per heavy atom. The van der Waals surface area contributed by atoms with E-state index in [1.54, 1.807) is 17.0 Å². The third kappa shape index (κ3) is 3.13. The molecule has 3 atom stereocenters. The van der Waals surface area contributed by atoms with Crippen LogP contribution in [0.5, 0.6) is 5.88 Å². The zero-order valence-corrected chi connectivity index (χ0v) is 16.3. The van der Waals surface area contributed by atoms with Crippen molar-refractivity contribution in [2.45, 2.75) is 44.1 Å². The summed E-state index contributed by atoms with van der Waals surface area (Å²) in [7, 11) is 0. The second-order valence-corrected chi connectivity index (χ2v) is 9.01. The summed E-state index contributed by atoms with van der Waals surface area (Å²) in [6.07, 6.45) is 2.14. The molecule has 2 heterocycles. The summed E-state index contributed by atoms with van der Waals surface area (Å²) in [4.78, 5) is 9.65. The maximum atomic E-state index is 14.2. The van der Waals surface area contributed by atoms with Gasteiger partial charge < -0.3 is 9.84 Å². The van der Waals surface area contributed by atoms with Gasteiger partial charge in [-0.05, 0) is 43.4 Å². The summed E-state index contributed by atoms with van der Waals surface area (Å²) < 4.78 is 33.7. The molecule has 1 aromatic heterocycles.